The second kappa shape index (κ2) is 8.27. The van der Waals surface area contributed by atoms with Gasteiger partial charge in [-0.3, -0.25) is 4.79 Å². The molecule has 0 aliphatic carbocycles. The molecule has 112 valence electrons. The molecule has 0 saturated carbocycles. The molecule has 1 aromatic carbocycles. The van der Waals surface area contributed by atoms with E-state index >= 15 is 0 Å². The average Bonchev–Trinajstić information content (AvgIpc) is 2.46. The van der Waals surface area contributed by atoms with E-state index in [0.717, 1.165) is 17.7 Å². The van der Waals surface area contributed by atoms with Crippen molar-refractivity contribution in [2.24, 2.45) is 0 Å². The molecule has 0 spiro atoms. The third kappa shape index (κ3) is 4.80. The van der Waals surface area contributed by atoms with Crippen molar-refractivity contribution in [3.05, 3.63) is 29.8 Å². The number of hydrogen-bond acceptors (Lipinski definition) is 3. The Morgan fingerprint density at radius 3 is 2.70 bits per heavy atom. The molecule has 2 unspecified atom stereocenters. The van der Waals surface area contributed by atoms with Gasteiger partial charge in [0.05, 0.1) is 18.0 Å². The lowest BCUT2D eigenvalue weighted by molar-refractivity contribution is -0.120. The first-order chi connectivity index (χ1) is 9.49. The minimum atomic E-state index is -0.129. The minimum Gasteiger partial charge on any atom is -0.497 e. The maximum absolute atomic E-state index is 11.9. The number of alkyl halides is 1. The molecule has 0 saturated heterocycles. The number of carbonyl (C=O) groups excluding carboxylic acids is 1. The highest BCUT2D eigenvalue weighted by atomic mass is 79.9. The van der Waals surface area contributed by atoms with Gasteiger partial charge < -0.3 is 15.0 Å². The SMILES string of the molecule is CCC(Br)C(=O)NCC(c1cccc(OC)c1)N(C)C. The van der Waals surface area contributed by atoms with Crippen LogP contribution in [0, 0.1) is 0 Å². The molecule has 0 aliphatic rings. The lowest BCUT2D eigenvalue weighted by Gasteiger charge is -2.26. The average molecular weight is 343 g/mol. The summed E-state index contributed by atoms with van der Waals surface area (Å²) in [6.45, 7) is 2.55. The lowest BCUT2D eigenvalue weighted by atomic mass is 10.1. The lowest BCUT2D eigenvalue weighted by Crippen LogP contribution is -2.37. The van der Waals surface area contributed by atoms with E-state index in [9.17, 15) is 4.79 Å². The smallest absolute Gasteiger partial charge is 0.233 e. The quantitative estimate of drug-likeness (QED) is 0.774. The van der Waals surface area contributed by atoms with Crippen molar-refractivity contribution >= 4 is 21.8 Å². The van der Waals surface area contributed by atoms with Gasteiger partial charge in [-0.1, -0.05) is 35.0 Å². The van der Waals surface area contributed by atoms with Gasteiger partial charge in [-0.2, -0.15) is 0 Å². The predicted octanol–water partition coefficient (Wildman–Crippen LogP) is 2.59. The molecular formula is C15H23BrN2O2. The molecule has 0 fully saturated rings. The Morgan fingerprint density at radius 1 is 1.45 bits per heavy atom. The Balaban J connectivity index is 2.76. The van der Waals surface area contributed by atoms with Crippen LogP contribution >= 0.6 is 15.9 Å². The summed E-state index contributed by atoms with van der Waals surface area (Å²) in [5.41, 5.74) is 1.12. The molecule has 4 nitrogen and oxygen atoms in total. The number of carbonyl (C=O) groups is 1. The van der Waals surface area contributed by atoms with E-state index in [4.69, 9.17) is 4.74 Å². The summed E-state index contributed by atoms with van der Waals surface area (Å²) in [4.78, 5) is 13.8. The highest BCUT2D eigenvalue weighted by molar-refractivity contribution is 9.10. The van der Waals surface area contributed by atoms with Gasteiger partial charge in [0.25, 0.3) is 0 Å². The molecule has 1 aromatic rings. The maximum atomic E-state index is 11.9. The number of amides is 1. The van der Waals surface area contributed by atoms with Crippen LogP contribution in [0.3, 0.4) is 0 Å². The number of methoxy groups -OCH3 is 1. The fourth-order valence-corrected chi connectivity index (χ4v) is 2.10. The van der Waals surface area contributed by atoms with E-state index in [1.165, 1.54) is 0 Å². The van der Waals surface area contributed by atoms with Crippen molar-refractivity contribution < 1.29 is 9.53 Å². The van der Waals surface area contributed by atoms with Crippen LogP contribution in [-0.4, -0.2) is 43.4 Å². The number of nitrogens with zero attached hydrogens (tertiary/aromatic N) is 1. The Kier molecular flexibility index (Phi) is 7.02. The number of halogens is 1. The van der Waals surface area contributed by atoms with Gasteiger partial charge in [0.1, 0.15) is 5.75 Å². The fraction of sp³-hybridized carbons (Fsp3) is 0.533. The van der Waals surface area contributed by atoms with Gasteiger partial charge in [0, 0.05) is 6.54 Å². The molecule has 0 radical (unpaired) electrons. The van der Waals surface area contributed by atoms with Crippen LogP contribution in [0.5, 0.6) is 5.75 Å². The van der Waals surface area contributed by atoms with Gasteiger partial charge in [0.15, 0.2) is 0 Å². The highest BCUT2D eigenvalue weighted by Crippen LogP contribution is 2.22. The van der Waals surface area contributed by atoms with E-state index in [2.05, 4.69) is 26.1 Å². The van der Waals surface area contributed by atoms with Crippen molar-refractivity contribution in [3.8, 4) is 5.75 Å². The van der Waals surface area contributed by atoms with Crippen molar-refractivity contribution in [1.29, 1.82) is 0 Å². The number of rotatable bonds is 7. The van der Waals surface area contributed by atoms with Gasteiger partial charge in [-0.25, -0.2) is 0 Å². The molecule has 0 aliphatic heterocycles. The number of benzene rings is 1. The van der Waals surface area contributed by atoms with Gasteiger partial charge in [-0.05, 0) is 38.2 Å². The second-order valence-electron chi connectivity index (χ2n) is 4.88. The largest absolute Gasteiger partial charge is 0.497 e. The molecule has 2 atom stereocenters. The van der Waals surface area contributed by atoms with Crippen LogP contribution < -0.4 is 10.1 Å². The Bertz CT molecular complexity index is 438. The monoisotopic (exact) mass is 342 g/mol. The van der Waals surface area contributed by atoms with Crippen LogP contribution in [0.2, 0.25) is 0 Å². The molecule has 0 bridgehead atoms. The van der Waals surface area contributed by atoms with Crippen molar-refractivity contribution in [2.75, 3.05) is 27.7 Å². The third-order valence-corrected chi connectivity index (χ3v) is 4.28. The number of ether oxygens (including phenoxy) is 1. The first-order valence-corrected chi connectivity index (χ1v) is 7.63. The van der Waals surface area contributed by atoms with E-state index < -0.39 is 0 Å². The van der Waals surface area contributed by atoms with E-state index in [-0.39, 0.29) is 16.8 Å². The molecule has 1 rings (SSSR count). The van der Waals surface area contributed by atoms with Crippen molar-refractivity contribution in [3.63, 3.8) is 0 Å². The van der Waals surface area contributed by atoms with Crippen LogP contribution in [-0.2, 0) is 4.79 Å². The number of nitrogens with one attached hydrogen (secondary N) is 1. The Morgan fingerprint density at radius 2 is 2.15 bits per heavy atom. The minimum absolute atomic E-state index is 0.0299. The van der Waals surface area contributed by atoms with Crippen LogP contribution in [0.25, 0.3) is 0 Å². The summed E-state index contributed by atoms with van der Waals surface area (Å²) in [5.74, 6) is 0.856. The van der Waals surface area contributed by atoms with E-state index in [1.807, 2.05) is 45.3 Å². The molecule has 5 heteroatoms. The van der Waals surface area contributed by atoms with Gasteiger partial charge in [-0.15, -0.1) is 0 Å². The highest BCUT2D eigenvalue weighted by Gasteiger charge is 2.18. The van der Waals surface area contributed by atoms with Crippen molar-refractivity contribution in [2.45, 2.75) is 24.2 Å². The Labute approximate surface area is 129 Å². The van der Waals surface area contributed by atoms with Crippen LogP contribution in [0.15, 0.2) is 24.3 Å². The summed E-state index contributed by atoms with van der Waals surface area (Å²) < 4.78 is 5.25. The van der Waals surface area contributed by atoms with Gasteiger partial charge in [0.2, 0.25) is 5.91 Å². The zero-order valence-electron chi connectivity index (χ0n) is 12.5. The zero-order chi connectivity index (χ0) is 15.1. The zero-order valence-corrected chi connectivity index (χ0v) is 14.1. The molecule has 1 amide bonds. The van der Waals surface area contributed by atoms with Crippen molar-refractivity contribution in [1.82, 2.24) is 10.2 Å². The summed E-state index contributed by atoms with van der Waals surface area (Å²) in [7, 11) is 5.66. The summed E-state index contributed by atoms with van der Waals surface area (Å²) in [6, 6.07) is 8.05. The standard InChI is InChI=1S/C15H23BrN2O2/c1-5-13(16)15(19)17-10-14(18(2)3)11-7-6-8-12(9-11)20-4/h6-9,13-14H,5,10H2,1-4H3,(H,17,19). The summed E-state index contributed by atoms with van der Waals surface area (Å²) in [6.07, 6.45) is 0.775. The fourth-order valence-electron chi connectivity index (χ4n) is 1.94. The topological polar surface area (TPSA) is 41.6 Å². The summed E-state index contributed by atoms with van der Waals surface area (Å²) in [5, 5.41) is 2.98. The van der Waals surface area contributed by atoms with E-state index in [0.29, 0.717) is 6.54 Å². The third-order valence-electron chi connectivity index (χ3n) is 3.21. The first-order valence-electron chi connectivity index (χ1n) is 6.71. The maximum Gasteiger partial charge on any atom is 0.233 e. The normalized spacial score (nSPS) is 13.9. The number of hydrogen-bond donors (Lipinski definition) is 1. The molecular weight excluding hydrogens is 320 g/mol. The summed E-state index contributed by atoms with van der Waals surface area (Å²) >= 11 is 3.36. The molecule has 0 heterocycles. The first kappa shape index (κ1) is 17.0. The molecule has 1 N–H and O–H groups in total. The molecule has 20 heavy (non-hydrogen) atoms. The molecule has 0 aromatic heterocycles. The van der Waals surface area contributed by atoms with E-state index in [1.54, 1.807) is 7.11 Å². The predicted molar refractivity (Wildman–Crippen MR) is 85.4 cm³/mol. The van der Waals surface area contributed by atoms with Gasteiger partial charge >= 0.3 is 0 Å². The second-order valence-corrected chi connectivity index (χ2v) is 5.98. The van der Waals surface area contributed by atoms with Crippen LogP contribution in [0.4, 0.5) is 0 Å². The van der Waals surface area contributed by atoms with Crippen LogP contribution in [0.1, 0.15) is 24.9 Å². The number of likely N-dealkylation sites (N-methyl/N-ethyl adjacent to an activating group) is 1. The Hall–Kier alpha value is -1.07.